The average molecular weight is 471 g/mol. The maximum absolute atomic E-state index is 13.5. The number of thiophene rings is 1. The van der Waals surface area contributed by atoms with Crippen molar-refractivity contribution >= 4 is 34.7 Å². The third-order valence-corrected chi connectivity index (χ3v) is 6.82. The number of phenols is 1. The molecule has 0 unspecified atom stereocenters. The lowest BCUT2D eigenvalue weighted by Crippen LogP contribution is -2.39. The van der Waals surface area contributed by atoms with E-state index < -0.39 is 12.0 Å². The number of esters is 1. The lowest BCUT2D eigenvalue weighted by Gasteiger charge is -2.23. The highest BCUT2D eigenvalue weighted by atomic mass is 32.1. The summed E-state index contributed by atoms with van der Waals surface area (Å²) in [4.78, 5) is 32.2. The molecule has 2 aromatic heterocycles. The summed E-state index contributed by atoms with van der Waals surface area (Å²) >= 11 is 2.73. The third kappa shape index (κ3) is 4.01. The summed E-state index contributed by atoms with van der Waals surface area (Å²) in [5.74, 6) is -0.0786. The Morgan fingerprint density at radius 2 is 2.09 bits per heavy atom. The molecule has 3 heterocycles. The zero-order valence-electron chi connectivity index (χ0n) is 17.8. The Labute approximate surface area is 192 Å². The highest BCUT2D eigenvalue weighted by Crippen LogP contribution is 2.33. The zero-order chi connectivity index (χ0) is 22.8. The number of hydrogen-bond donors (Lipinski definition) is 1. The Hall–Kier alpha value is -3.17. The quantitative estimate of drug-likeness (QED) is 0.560. The molecule has 1 aliphatic heterocycles. The van der Waals surface area contributed by atoms with Crippen molar-refractivity contribution in [2.75, 3.05) is 13.2 Å². The molecule has 3 aromatic rings. The fourth-order valence-corrected chi connectivity index (χ4v) is 5.42. The molecule has 0 radical (unpaired) electrons. The first kappa shape index (κ1) is 22.0. The maximum atomic E-state index is 13.5. The summed E-state index contributed by atoms with van der Waals surface area (Å²) in [6.45, 7) is 5.99. The number of fused-ring (bicyclic) bond motifs is 1. The van der Waals surface area contributed by atoms with Gasteiger partial charge in [-0.15, -0.1) is 11.3 Å². The van der Waals surface area contributed by atoms with E-state index >= 15 is 0 Å². The van der Waals surface area contributed by atoms with Gasteiger partial charge >= 0.3 is 5.97 Å². The van der Waals surface area contributed by atoms with Crippen molar-refractivity contribution in [2.45, 2.75) is 26.8 Å². The van der Waals surface area contributed by atoms with Gasteiger partial charge in [-0.05, 0) is 56.0 Å². The number of aromatic nitrogens is 1. The van der Waals surface area contributed by atoms with Crippen LogP contribution in [0.2, 0.25) is 0 Å². The van der Waals surface area contributed by atoms with Gasteiger partial charge < -0.3 is 14.6 Å². The smallest absolute Gasteiger partial charge is 0.338 e. The van der Waals surface area contributed by atoms with E-state index in [2.05, 4.69) is 4.99 Å². The minimum atomic E-state index is -0.591. The molecule has 1 aliphatic rings. The second-order valence-corrected chi connectivity index (χ2v) is 8.97. The van der Waals surface area contributed by atoms with E-state index in [4.69, 9.17) is 9.47 Å². The summed E-state index contributed by atoms with van der Waals surface area (Å²) in [5.41, 5.74) is 1.38. The molecule has 0 spiro atoms. The molecule has 166 valence electrons. The van der Waals surface area contributed by atoms with Gasteiger partial charge in [-0.2, -0.15) is 0 Å². The molecule has 7 nitrogen and oxygen atoms in total. The fraction of sp³-hybridized carbons (Fsp3) is 0.261. The Morgan fingerprint density at radius 1 is 1.28 bits per heavy atom. The zero-order valence-corrected chi connectivity index (χ0v) is 19.5. The Kier molecular flexibility index (Phi) is 6.29. The van der Waals surface area contributed by atoms with Crippen LogP contribution in [0.5, 0.6) is 11.5 Å². The van der Waals surface area contributed by atoms with E-state index in [0.29, 0.717) is 38.5 Å². The summed E-state index contributed by atoms with van der Waals surface area (Å²) in [6.07, 6.45) is 1.74. The first-order valence-electron chi connectivity index (χ1n) is 10.1. The molecule has 0 bridgehead atoms. The Morgan fingerprint density at radius 3 is 2.78 bits per heavy atom. The number of carbonyl (C=O) groups is 1. The molecule has 0 amide bonds. The molecular weight excluding hydrogens is 448 g/mol. The van der Waals surface area contributed by atoms with Crippen molar-refractivity contribution in [1.82, 2.24) is 4.57 Å². The van der Waals surface area contributed by atoms with Crippen LogP contribution in [-0.2, 0) is 9.53 Å². The Bertz CT molecular complexity index is 1370. The number of aromatic hydroxyl groups is 1. The van der Waals surface area contributed by atoms with E-state index in [1.54, 1.807) is 36.6 Å². The van der Waals surface area contributed by atoms with Gasteiger partial charge in [-0.1, -0.05) is 23.5 Å². The lowest BCUT2D eigenvalue weighted by molar-refractivity contribution is -0.139. The van der Waals surface area contributed by atoms with Gasteiger partial charge in [0.15, 0.2) is 16.3 Å². The van der Waals surface area contributed by atoms with Crippen LogP contribution in [-0.4, -0.2) is 28.9 Å². The van der Waals surface area contributed by atoms with E-state index in [1.807, 2.05) is 24.4 Å². The number of ether oxygens (including phenoxy) is 2. The molecule has 1 atom stereocenters. The van der Waals surface area contributed by atoms with E-state index in [1.165, 1.54) is 28.7 Å². The van der Waals surface area contributed by atoms with Gasteiger partial charge in [0.1, 0.15) is 6.04 Å². The molecule has 9 heteroatoms. The van der Waals surface area contributed by atoms with E-state index in [-0.39, 0.29) is 17.9 Å². The first-order valence-corrected chi connectivity index (χ1v) is 11.8. The molecule has 0 fully saturated rings. The molecule has 4 rings (SSSR count). The van der Waals surface area contributed by atoms with Gasteiger partial charge in [0.05, 0.1) is 29.0 Å². The molecule has 0 aliphatic carbocycles. The number of hydrogen-bond acceptors (Lipinski definition) is 8. The number of carbonyl (C=O) groups excluding carboxylic acids is 1. The van der Waals surface area contributed by atoms with E-state index in [0.717, 1.165) is 4.88 Å². The minimum absolute atomic E-state index is 0.0397. The number of rotatable bonds is 6. The average Bonchev–Trinajstić information content (AvgIpc) is 3.39. The van der Waals surface area contributed by atoms with Crippen molar-refractivity contribution in [3.05, 3.63) is 77.1 Å². The monoisotopic (exact) mass is 470 g/mol. The van der Waals surface area contributed by atoms with Crippen LogP contribution in [0.1, 0.15) is 37.3 Å². The van der Waals surface area contributed by atoms with Gasteiger partial charge in [-0.3, -0.25) is 9.36 Å². The van der Waals surface area contributed by atoms with Crippen LogP contribution < -0.4 is 19.6 Å². The molecular formula is C23H22N2O5S2. The Balaban J connectivity index is 1.89. The first-order chi connectivity index (χ1) is 15.4. The van der Waals surface area contributed by atoms with Crippen molar-refractivity contribution < 1.29 is 19.4 Å². The highest BCUT2D eigenvalue weighted by molar-refractivity contribution is 7.10. The number of thiazole rings is 1. The number of benzene rings is 1. The second-order valence-electron chi connectivity index (χ2n) is 6.98. The van der Waals surface area contributed by atoms with Crippen molar-refractivity contribution in [3.8, 4) is 11.5 Å². The highest BCUT2D eigenvalue weighted by Gasteiger charge is 2.33. The summed E-state index contributed by atoms with van der Waals surface area (Å²) < 4.78 is 12.7. The van der Waals surface area contributed by atoms with Crippen LogP contribution in [0, 0.1) is 0 Å². The van der Waals surface area contributed by atoms with Gasteiger partial charge in [-0.25, -0.2) is 9.79 Å². The third-order valence-electron chi connectivity index (χ3n) is 4.91. The van der Waals surface area contributed by atoms with Gasteiger partial charge in [0.2, 0.25) is 0 Å². The van der Waals surface area contributed by atoms with Crippen LogP contribution in [0.15, 0.2) is 56.8 Å². The van der Waals surface area contributed by atoms with Gasteiger partial charge in [0.25, 0.3) is 5.56 Å². The summed E-state index contributed by atoms with van der Waals surface area (Å²) in [5, 5.41) is 11.9. The topological polar surface area (TPSA) is 90.1 Å². The molecule has 0 saturated carbocycles. The normalized spacial score (nSPS) is 16.0. The maximum Gasteiger partial charge on any atom is 0.338 e. The minimum Gasteiger partial charge on any atom is -0.504 e. The van der Waals surface area contributed by atoms with E-state index in [9.17, 15) is 14.7 Å². The predicted octanol–water partition coefficient (Wildman–Crippen LogP) is 2.96. The number of phenolic OH excluding ortho intramolecular Hbond substituents is 1. The molecule has 0 saturated heterocycles. The second kappa shape index (κ2) is 9.13. The largest absolute Gasteiger partial charge is 0.504 e. The van der Waals surface area contributed by atoms with Crippen LogP contribution in [0.4, 0.5) is 0 Å². The van der Waals surface area contributed by atoms with Crippen LogP contribution in [0.3, 0.4) is 0 Å². The SMILES string of the molecule is CCOC(=O)C1=C(C)N=c2s/c(=C\c3ccc(O)c(OCC)c3)c(=O)n2[C@@H]1c1cccs1. The molecule has 1 aromatic carbocycles. The van der Waals surface area contributed by atoms with Gasteiger partial charge in [0, 0.05) is 4.88 Å². The fourth-order valence-electron chi connectivity index (χ4n) is 3.55. The molecule has 1 N–H and O–H groups in total. The van der Waals surface area contributed by atoms with Crippen LogP contribution >= 0.6 is 22.7 Å². The summed E-state index contributed by atoms with van der Waals surface area (Å²) in [7, 11) is 0. The predicted molar refractivity (Wildman–Crippen MR) is 124 cm³/mol. The van der Waals surface area contributed by atoms with Crippen molar-refractivity contribution in [3.63, 3.8) is 0 Å². The van der Waals surface area contributed by atoms with Crippen molar-refractivity contribution in [2.24, 2.45) is 4.99 Å². The van der Waals surface area contributed by atoms with Crippen LogP contribution in [0.25, 0.3) is 6.08 Å². The summed E-state index contributed by atoms with van der Waals surface area (Å²) in [6, 6.07) is 8.13. The lowest BCUT2D eigenvalue weighted by atomic mass is 10.0. The number of nitrogens with zero attached hydrogens (tertiary/aromatic N) is 2. The van der Waals surface area contributed by atoms with Crippen molar-refractivity contribution in [1.29, 1.82) is 0 Å². The number of allylic oxidation sites excluding steroid dienone is 1. The standard InChI is InChI=1S/C23H22N2O5S2/c1-4-29-16-11-14(8-9-15(16)26)12-18-21(27)25-20(17-7-6-10-31-17)19(22(28)30-5-2)13(3)24-23(25)32-18/h6-12,20,26H,4-5H2,1-3H3/b18-12-/t20-/m1/s1. The molecule has 32 heavy (non-hydrogen) atoms.